The number of halogens is 1. The van der Waals surface area contributed by atoms with Gasteiger partial charge in [-0.15, -0.1) is 11.6 Å². The van der Waals surface area contributed by atoms with Crippen LogP contribution in [-0.4, -0.2) is 28.8 Å². The van der Waals surface area contributed by atoms with Crippen LogP contribution in [0, 0.1) is 0 Å². The highest BCUT2D eigenvalue weighted by Crippen LogP contribution is 2.30. The van der Waals surface area contributed by atoms with E-state index in [4.69, 9.17) is 15.7 Å². The molecule has 122 valence electrons. The van der Waals surface area contributed by atoms with Gasteiger partial charge in [0.1, 0.15) is 0 Å². The summed E-state index contributed by atoms with van der Waals surface area (Å²) in [4.78, 5) is 24.2. The summed E-state index contributed by atoms with van der Waals surface area (Å²) in [5.41, 5.74) is 2.23. The quantitative estimate of drug-likeness (QED) is 0.823. The van der Waals surface area contributed by atoms with Gasteiger partial charge in [0.15, 0.2) is 0 Å². The molecule has 1 aliphatic rings. The minimum atomic E-state index is -0.139. The van der Waals surface area contributed by atoms with Crippen LogP contribution in [0.3, 0.4) is 0 Å². The van der Waals surface area contributed by atoms with Crippen molar-refractivity contribution >= 4 is 34.3 Å². The van der Waals surface area contributed by atoms with Crippen molar-refractivity contribution in [1.29, 1.82) is 0 Å². The Kier molecular flexibility index (Phi) is 3.93. The number of benzene rings is 1. The molecule has 1 aliphatic heterocycles. The van der Waals surface area contributed by atoms with Crippen LogP contribution in [0.25, 0.3) is 10.9 Å². The number of amides is 1. The Bertz CT molecular complexity index is 879. The molecule has 3 rings (SSSR count). The number of carbonyl (C=O) groups is 2. The second-order valence-corrected chi connectivity index (χ2v) is 6.08. The third-order valence-electron chi connectivity index (χ3n) is 4.17. The summed E-state index contributed by atoms with van der Waals surface area (Å²) in [7, 11) is 0. The zero-order valence-corrected chi connectivity index (χ0v) is 13.6. The van der Waals surface area contributed by atoms with E-state index < -0.39 is 0 Å². The molecule has 1 amide bonds. The van der Waals surface area contributed by atoms with E-state index in [2.05, 4.69) is 5.32 Å². The number of rotatable bonds is 6. The van der Waals surface area contributed by atoms with Gasteiger partial charge in [0.05, 0.1) is 9.63 Å². The molecule has 4 nitrogen and oxygen atoms in total. The zero-order valence-electron chi connectivity index (χ0n) is 15.9. The molecular weight excluding hydrogens is 312 g/mol. The van der Waals surface area contributed by atoms with E-state index in [1.165, 1.54) is 6.07 Å². The largest absolute Gasteiger partial charge is 0.356 e. The number of nitrogens with zero attached hydrogens (tertiary/aromatic N) is 1. The lowest BCUT2D eigenvalue weighted by molar-refractivity contribution is -0.121. The summed E-state index contributed by atoms with van der Waals surface area (Å²) < 4.78 is 25.7. The molecule has 0 spiro atoms. The van der Waals surface area contributed by atoms with Crippen LogP contribution in [0.4, 0.5) is 0 Å². The minimum absolute atomic E-state index is 0.0225. The molecule has 23 heavy (non-hydrogen) atoms. The standard InChI is InChI=1S/C18H21ClN2O2/c19-11-4-8-17(22)20-12-10-14-13-5-1-2-6-15(13)21-16(14)7-3-9-18(21)23/h1-2,5-6H,3-4,7-12H2,(H,20,22)/i1D,2D,5D. The molecule has 2 heterocycles. The molecule has 0 unspecified atom stereocenters. The number of hydrogen-bond donors (Lipinski definition) is 1. The third-order valence-corrected chi connectivity index (χ3v) is 4.44. The number of aromatic nitrogens is 1. The van der Waals surface area contributed by atoms with E-state index in [1.54, 1.807) is 4.57 Å². The van der Waals surface area contributed by atoms with Crippen molar-refractivity contribution in [2.24, 2.45) is 0 Å². The summed E-state index contributed by atoms with van der Waals surface area (Å²) in [6.45, 7) is 0.400. The van der Waals surface area contributed by atoms with Gasteiger partial charge >= 0.3 is 0 Å². The Labute approximate surface area is 145 Å². The van der Waals surface area contributed by atoms with Gasteiger partial charge in [0, 0.05) is 36.3 Å². The molecule has 0 aliphatic carbocycles. The van der Waals surface area contributed by atoms with E-state index in [0.717, 1.165) is 24.1 Å². The lowest BCUT2D eigenvalue weighted by atomic mass is 10.0. The lowest BCUT2D eigenvalue weighted by Gasteiger charge is -2.16. The first-order valence-electron chi connectivity index (χ1n) is 9.44. The molecule has 0 saturated carbocycles. The van der Waals surface area contributed by atoms with Crippen LogP contribution in [0.15, 0.2) is 24.2 Å². The summed E-state index contributed by atoms with van der Waals surface area (Å²) in [5.74, 6) is 0.335. The molecule has 1 aromatic carbocycles. The summed E-state index contributed by atoms with van der Waals surface area (Å²) in [5, 5.41) is 3.41. The fourth-order valence-electron chi connectivity index (χ4n) is 3.15. The predicted molar refractivity (Wildman–Crippen MR) is 92.2 cm³/mol. The van der Waals surface area contributed by atoms with Gasteiger partial charge in [-0.2, -0.15) is 0 Å². The first-order chi connectivity index (χ1) is 12.5. The van der Waals surface area contributed by atoms with Crippen LogP contribution in [-0.2, 0) is 17.6 Å². The molecule has 5 heteroatoms. The first kappa shape index (κ1) is 12.6. The Balaban J connectivity index is 1.97. The van der Waals surface area contributed by atoms with Crippen molar-refractivity contribution in [3.05, 3.63) is 35.5 Å². The first-order valence-corrected chi connectivity index (χ1v) is 8.48. The highest BCUT2D eigenvalue weighted by molar-refractivity contribution is 6.17. The molecule has 0 radical (unpaired) electrons. The number of alkyl halides is 1. The van der Waals surface area contributed by atoms with Crippen molar-refractivity contribution in [3.63, 3.8) is 0 Å². The van der Waals surface area contributed by atoms with Crippen molar-refractivity contribution < 1.29 is 13.7 Å². The van der Waals surface area contributed by atoms with Crippen molar-refractivity contribution in [2.75, 3.05) is 12.4 Å². The Morgan fingerprint density at radius 3 is 3.09 bits per heavy atom. The Morgan fingerprint density at radius 1 is 1.39 bits per heavy atom. The second kappa shape index (κ2) is 7.18. The van der Waals surface area contributed by atoms with E-state index in [9.17, 15) is 9.59 Å². The number of para-hydroxylation sites is 1. The van der Waals surface area contributed by atoms with Crippen LogP contribution < -0.4 is 5.32 Å². The van der Waals surface area contributed by atoms with Crippen LogP contribution in [0.2, 0.25) is 0 Å². The predicted octanol–water partition coefficient (Wildman–Crippen LogP) is 3.30. The molecule has 0 saturated heterocycles. The fourth-order valence-corrected chi connectivity index (χ4v) is 3.28. The monoisotopic (exact) mass is 335 g/mol. The second-order valence-electron chi connectivity index (χ2n) is 5.70. The molecule has 1 aromatic heterocycles. The van der Waals surface area contributed by atoms with Gasteiger partial charge in [-0.1, -0.05) is 18.1 Å². The smallest absolute Gasteiger partial charge is 0.231 e. The average molecular weight is 336 g/mol. The number of fused-ring (bicyclic) bond motifs is 3. The fraction of sp³-hybridized carbons (Fsp3) is 0.444. The van der Waals surface area contributed by atoms with E-state index in [0.29, 0.717) is 49.0 Å². The van der Waals surface area contributed by atoms with Crippen LogP contribution >= 0.6 is 11.6 Å². The highest BCUT2D eigenvalue weighted by atomic mass is 35.5. The maximum absolute atomic E-state index is 12.4. The maximum atomic E-state index is 12.4. The Morgan fingerprint density at radius 2 is 2.26 bits per heavy atom. The van der Waals surface area contributed by atoms with E-state index in [1.807, 2.05) is 0 Å². The zero-order chi connectivity index (χ0) is 18.8. The van der Waals surface area contributed by atoms with Crippen molar-refractivity contribution in [2.45, 2.75) is 38.5 Å². The maximum Gasteiger partial charge on any atom is 0.231 e. The van der Waals surface area contributed by atoms with E-state index >= 15 is 0 Å². The molecule has 1 N–H and O–H groups in total. The molecule has 0 atom stereocenters. The van der Waals surface area contributed by atoms with Gasteiger partial charge in [0.2, 0.25) is 11.8 Å². The van der Waals surface area contributed by atoms with Gasteiger partial charge < -0.3 is 5.32 Å². The normalized spacial score (nSPS) is 15.9. The Hall–Kier alpha value is -1.81. The van der Waals surface area contributed by atoms with Gasteiger partial charge in [0.25, 0.3) is 0 Å². The van der Waals surface area contributed by atoms with Crippen LogP contribution in [0.5, 0.6) is 0 Å². The molecule has 0 bridgehead atoms. The minimum Gasteiger partial charge on any atom is -0.356 e. The molecular formula is C18H21ClN2O2. The highest BCUT2D eigenvalue weighted by Gasteiger charge is 2.24. The van der Waals surface area contributed by atoms with Gasteiger partial charge in [-0.25, -0.2) is 0 Å². The lowest BCUT2D eigenvalue weighted by Crippen LogP contribution is -2.26. The molecule has 2 aromatic rings. The summed E-state index contributed by atoms with van der Waals surface area (Å²) in [6, 6.07) is 1.29. The van der Waals surface area contributed by atoms with Crippen molar-refractivity contribution in [1.82, 2.24) is 9.88 Å². The topological polar surface area (TPSA) is 51.1 Å². The number of nitrogens with one attached hydrogen (secondary N) is 1. The van der Waals surface area contributed by atoms with Crippen molar-refractivity contribution in [3.8, 4) is 0 Å². The number of hydrogen-bond acceptors (Lipinski definition) is 2. The summed E-state index contributed by atoms with van der Waals surface area (Å²) >= 11 is 5.60. The summed E-state index contributed by atoms with van der Waals surface area (Å²) in [6.07, 6.45) is 3.39. The van der Waals surface area contributed by atoms with Gasteiger partial charge in [-0.3, -0.25) is 14.2 Å². The molecule has 0 fully saturated rings. The average Bonchev–Trinajstić information content (AvgIpc) is 2.93. The third kappa shape index (κ3) is 3.27. The van der Waals surface area contributed by atoms with Crippen LogP contribution in [0.1, 0.15) is 45.8 Å². The van der Waals surface area contributed by atoms with E-state index in [-0.39, 0.29) is 29.9 Å². The van der Waals surface area contributed by atoms with Gasteiger partial charge in [-0.05, 0) is 37.3 Å². The number of carbonyl (C=O) groups excluding carboxylic acids is 2. The SMILES string of the molecule is [2H]c1cc2c(c([2H])c1[2H])c(CCNC(=O)CCCCl)c1n2C(=O)CCC1.